The quantitative estimate of drug-likeness (QED) is 0.818. The van der Waals surface area contributed by atoms with Crippen molar-refractivity contribution in [3.63, 3.8) is 0 Å². The van der Waals surface area contributed by atoms with Gasteiger partial charge in [0.2, 0.25) is 5.91 Å². The fraction of sp³-hybridized carbons (Fsp3) is 0.316. The zero-order valence-electron chi connectivity index (χ0n) is 13.6. The van der Waals surface area contributed by atoms with Gasteiger partial charge in [-0.15, -0.1) is 0 Å². The van der Waals surface area contributed by atoms with E-state index in [1.165, 1.54) is 0 Å². The van der Waals surface area contributed by atoms with E-state index in [4.69, 9.17) is 0 Å². The van der Waals surface area contributed by atoms with Gasteiger partial charge in [-0.25, -0.2) is 4.98 Å². The Morgan fingerprint density at radius 3 is 2.52 bits per heavy atom. The molecular formula is C19H19N3O3. The maximum absolute atomic E-state index is 12.6. The van der Waals surface area contributed by atoms with Crippen LogP contribution in [0.2, 0.25) is 0 Å². The molecule has 1 aromatic heterocycles. The maximum atomic E-state index is 12.6. The number of nitrogens with zero attached hydrogens (tertiary/aromatic N) is 2. The monoisotopic (exact) mass is 337 g/mol. The Kier molecular flexibility index (Phi) is 3.87. The SMILES string of the molecule is O=C(O)C1C2C=CC(C2)C1C(=O)NCc1ccc(-n2ccnc2)cc1. The summed E-state index contributed by atoms with van der Waals surface area (Å²) >= 11 is 0. The molecule has 1 heterocycles. The van der Waals surface area contributed by atoms with Crippen molar-refractivity contribution in [1.82, 2.24) is 14.9 Å². The van der Waals surface area contributed by atoms with Crippen LogP contribution in [0.1, 0.15) is 12.0 Å². The third-order valence-corrected chi connectivity index (χ3v) is 5.25. The lowest BCUT2D eigenvalue weighted by atomic mass is 9.82. The number of hydrogen-bond donors (Lipinski definition) is 2. The summed E-state index contributed by atoms with van der Waals surface area (Å²) in [6, 6.07) is 7.82. The third kappa shape index (κ3) is 2.84. The van der Waals surface area contributed by atoms with Gasteiger partial charge in [-0.05, 0) is 36.0 Å². The molecule has 4 rings (SSSR count). The van der Waals surface area contributed by atoms with Gasteiger partial charge in [0.1, 0.15) is 0 Å². The van der Waals surface area contributed by atoms with E-state index in [9.17, 15) is 14.7 Å². The van der Waals surface area contributed by atoms with Crippen molar-refractivity contribution in [2.24, 2.45) is 23.7 Å². The van der Waals surface area contributed by atoms with E-state index in [1.54, 1.807) is 12.5 Å². The zero-order chi connectivity index (χ0) is 17.4. The van der Waals surface area contributed by atoms with Gasteiger partial charge in [-0.3, -0.25) is 9.59 Å². The van der Waals surface area contributed by atoms with Gasteiger partial charge in [0.25, 0.3) is 0 Å². The molecule has 6 heteroatoms. The van der Waals surface area contributed by atoms with Crippen LogP contribution in [0.25, 0.3) is 5.69 Å². The van der Waals surface area contributed by atoms with Crippen LogP contribution in [0.5, 0.6) is 0 Å². The minimum absolute atomic E-state index is 0.00675. The summed E-state index contributed by atoms with van der Waals surface area (Å²) in [7, 11) is 0. The molecule has 4 atom stereocenters. The van der Waals surface area contributed by atoms with Crippen molar-refractivity contribution < 1.29 is 14.7 Å². The number of benzene rings is 1. The zero-order valence-corrected chi connectivity index (χ0v) is 13.6. The average Bonchev–Trinajstić information content (AvgIpc) is 3.36. The summed E-state index contributed by atoms with van der Waals surface area (Å²) in [4.78, 5) is 28.1. The number of amides is 1. The van der Waals surface area contributed by atoms with E-state index in [0.29, 0.717) is 6.54 Å². The predicted octanol–water partition coefficient (Wildman–Crippen LogP) is 2.01. The molecule has 2 aliphatic carbocycles. The summed E-state index contributed by atoms with van der Waals surface area (Å²) in [6.45, 7) is 0.396. The molecule has 1 aromatic carbocycles. The molecule has 4 unspecified atom stereocenters. The molecule has 0 radical (unpaired) electrons. The summed E-state index contributed by atoms with van der Waals surface area (Å²) in [5.74, 6) is -2.05. The number of nitrogens with one attached hydrogen (secondary N) is 1. The van der Waals surface area contributed by atoms with Crippen LogP contribution in [0.4, 0.5) is 0 Å². The molecule has 2 aromatic rings. The number of allylic oxidation sites excluding steroid dienone is 2. The largest absolute Gasteiger partial charge is 0.481 e. The molecule has 2 N–H and O–H groups in total. The fourth-order valence-corrected chi connectivity index (χ4v) is 4.02. The minimum atomic E-state index is -0.873. The number of fused-ring (bicyclic) bond motifs is 2. The molecule has 0 aliphatic heterocycles. The van der Waals surface area contributed by atoms with Gasteiger partial charge in [0, 0.05) is 24.6 Å². The maximum Gasteiger partial charge on any atom is 0.307 e. The number of carboxylic acids is 1. The number of hydrogen-bond acceptors (Lipinski definition) is 3. The Hall–Kier alpha value is -2.89. The minimum Gasteiger partial charge on any atom is -0.481 e. The lowest BCUT2D eigenvalue weighted by Crippen LogP contribution is -2.39. The molecule has 2 aliphatic rings. The highest BCUT2D eigenvalue weighted by molar-refractivity contribution is 5.86. The highest BCUT2D eigenvalue weighted by atomic mass is 16.4. The van der Waals surface area contributed by atoms with Crippen molar-refractivity contribution in [1.29, 1.82) is 0 Å². The summed E-state index contributed by atoms with van der Waals surface area (Å²) in [5.41, 5.74) is 1.97. The average molecular weight is 337 g/mol. The lowest BCUT2D eigenvalue weighted by molar-refractivity contribution is -0.147. The summed E-state index contributed by atoms with van der Waals surface area (Å²) in [6.07, 6.45) is 10.0. The molecule has 6 nitrogen and oxygen atoms in total. The van der Waals surface area contributed by atoms with E-state index in [2.05, 4.69) is 10.3 Å². The van der Waals surface area contributed by atoms with Crippen LogP contribution < -0.4 is 5.32 Å². The van der Waals surface area contributed by atoms with Crippen LogP contribution in [-0.4, -0.2) is 26.5 Å². The second-order valence-corrected chi connectivity index (χ2v) is 6.69. The highest BCUT2D eigenvalue weighted by Crippen LogP contribution is 2.48. The summed E-state index contributed by atoms with van der Waals surface area (Å²) < 4.78 is 1.90. The molecule has 1 saturated carbocycles. The first-order chi connectivity index (χ1) is 12.1. The molecule has 2 bridgehead atoms. The second kappa shape index (κ2) is 6.20. The van der Waals surface area contributed by atoms with Crippen LogP contribution in [-0.2, 0) is 16.1 Å². The standard InChI is InChI=1S/C19H19N3O3/c23-18(16-13-3-4-14(9-13)17(16)19(24)25)21-10-12-1-5-15(6-2-12)22-8-7-20-11-22/h1-8,11,13-14,16-17H,9-10H2,(H,21,23)(H,24,25). The van der Waals surface area contributed by atoms with Crippen molar-refractivity contribution in [2.75, 3.05) is 0 Å². The number of imidazole rings is 1. The van der Waals surface area contributed by atoms with Crippen molar-refractivity contribution in [2.45, 2.75) is 13.0 Å². The number of carboxylic acid groups (broad SMARTS) is 1. The van der Waals surface area contributed by atoms with Crippen molar-refractivity contribution >= 4 is 11.9 Å². The molecular weight excluding hydrogens is 318 g/mol. The van der Waals surface area contributed by atoms with E-state index in [-0.39, 0.29) is 17.7 Å². The molecule has 1 fully saturated rings. The third-order valence-electron chi connectivity index (χ3n) is 5.25. The van der Waals surface area contributed by atoms with E-state index < -0.39 is 17.8 Å². The van der Waals surface area contributed by atoms with Gasteiger partial charge in [-0.1, -0.05) is 24.3 Å². The Bertz CT molecular complexity index is 811. The number of rotatable bonds is 5. The Balaban J connectivity index is 1.40. The van der Waals surface area contributed by atoms with Crippen molar-refractivity contribution in [3.05, 3.63) is 60.7 Å². The van der Waals surface area contributed by atoms with Gasteiger partial charge >= 0.3 is 5.97 Å². The Labute approximate surface area is 145 Å². The number of carbonyl (C=O) groups is 2. The molecule has 0 spiro atoms. The Morgan fingerprint density at radius 1 is 1.16 bits per heavy atom. The van der Waals surface area contributed by atoms with Gasteiger partial charge in [0.15, 0.2) is 0 Å². The van der Waals surface area contributed by atoms with E-state index in [0.717, 1.165) is 17.7 Å². The summed E-state index contributed by atoms with van der Waals surface area (Å²) in [5, 5.41) is 12.3. The predicted molar refractivity (Wildman–Crippen MR) is 90.8 cm³/mol. The van der Waals surface area contributed by atoms with Gasteiger partial charge in [-0.2, -0.15) is 0 Å². The van der Waals surface area contributed by atoms with Gasteiger partial charge in [0.05, 0.1) is 18.2 Å². The number of carbonyl (C=O) groups excluding carboxylic acids is 1. The smallest absolute Gasteiger partial charge is 0.307 e. The van der Waals surface area contributed by atoms with Crippen LogP contribution in [0.15, 0.2) is 55.1 Å². The Morgan fingerprint density at radius 2 is 1.88 bits per heavy atom. The number of aromatic nitrogens is 2. The first kappa shape index (κ1) is 15.6. The highest BCUT2D eigenvalue weighted by Gasteiger charge is 2.51. The van der Waals surface area contributed by atoms with Crippen LogP contribution in [0, 0.1) is 23.7 Å². The van der Waals surface area contributed by atoms with E-state index in [1.807, 2.05) is 47.2 Å². The number of aliphatic carboxylic acids is 1. The molecule has 0 saturated heterocycles. The second-order valence-electron chi connectivity index (χ2n) is 6.69. The van der Waals surface area contributed by atoms with Crippen LogP contribution >= 0.6 is 0 Å². The lowest BCUT2D eigenvalue weighted by Gasteiger charge is -2.23. The first-order valence-corrected chi connectivity index (χ1v) is 8.39. The van der Waals surface area contributed by atoms with Crippen molar-refractivity contribution in [3.8, 4) is 5.69 Å². The topological polar surface area (TPSA) is 84.2 Å². The van der Waals surface area contributed by atoms with Gasteiger partial charge < -0.3 is 15.0 Å². The fourth-order valence-electron chi connectivity index (χ4n) is 4.02. The normalized spacial score (nSPS) is 26.7. The first-order valence-electron chi connectivity index (χ1n) is 8.39. The molecule has 128 valence electrons. The van der Waals surface area contributed by atoms with E-state index >= 15 is 0 Å². The van der Waals surface area contributed by atoms with Crippen LogP contribution in [0.3, 0.4) is 0 Å². The molecule has 1 amide bonds. The molecule has 25 heavy (non-hydrogen) atoms.